The van der Waals surface area contributed by atoms with Crippen LogP contribution in [0.1, 0.15) is 94.3 Å². The Morgan fingerprint density at radius 2 is 1.76 bits per heavy atom. The summed E-state index contributed by atoms with van der Waals surface area (Å²) in [7, 11) is 0. The molecule has 1 spiro atoms. The first-order chi connectivity index (χ1) is 36.1. The Hall–Kier alpha value is -5.38. The SMILES string of the molecule is Cc1cc(C(C(=O)N2C[C@H](O)C[C@H]2C(=O)NCc2ccc(-c3scnc3C)cc2OC2CCN(C(=O)C3CCN(c4nccc(Sc5cnc(N6CCC7(CC6)CO[C@@H](C)[C@H]7N)cn5)c4Cl)CC3)CC2)C(C)C)on1. The number of nitrogens with one attached hydrogen (secondary N) is 1. The normalized spacial score (nSPS) is 22.8. The predicted molar refractivity (Wildman–Crippen MR) is 287 cm³/mol. The number of aromatic nitrogens is 5. The zero-order valence-corrected chi connectivity index (χ0v) is 45.7. The van der Waals surface area contributed by atoms with Crippen molar-refractivity contribution < 1.29 is 33.5 Å². The molecule has 10 rings (SSSR count). The molecule has 5 saturated heterocycles. The minimum Gasteiger partial charge on any atom is -0.490 e. The van der Waals surface area contributed by atoms with Crippen molar-refractivity contribution in [3.05, 3.63) is 82.2 Å². The van der Waals surface area contributed by atoms with E-state index >= 15 is 0 Å². The lowest BCUT2D eigenvalue weighted by atomic mass is 9.73. The van der Waals surface area contributed by atoms with Crippen molar-refractivity contribution in [2.24, 2.45) is 23.0 Å². The van der Waals surface area contributed by atoms with E-state index in [1.807, 2.05) is 61.6 Å². The quantitative estimate of drug-likeness (QED) is 0.102. The molecule has 5 aliphatic heterocycles. The Bertz CT molecular complexity index is 2830. The molecule has 9 heterocycles. The Labute approximate surface area is 451 Å². The number of likely N-dealkylation sites (tertiary alicyclic amines) is 2. The van der Waals surface area contributed by atoms with Gasteiger partial charge < -0.3 is 49.8 Å². The number of rotatable bonds is 14. The van der Waals surface area contributed by atoms with Gasteiger partial charge in [0.1, 0.15) is 46.2 Å². The molecule has 4 aromatic heterocycles. The number of thiazole rings is 1. The lowest BCUT2D eigenvalue weighted by Gasteiger charge is -2.41. The van der Waals surface area contributed by atoms with Gasteiger partial charge in [0.15, 0.2) is 0 Å². The van der Waals surface area contributed by atoms with Gasteiger partial charge in [-0.15, -0.1) is 11.3 Å². The molecule has 0 aliphatic carbocycles. The summed E-state index contributed by atoms with van der Waals surface area (Å²) in [6.07, 6.45) is 9.26. The highest BCUT2D eigenvalue weighted by Crippen LogP contribution is 2.43. The molecule has 18 nitrogen and oxygen atoms in total. The number of carbonyl (C=O) groups is 3. The number of aryl methyl sites for hydroxylation is 2. The van der Waals surface area contributed by atoms with E-state index in [0.717, 1.165) is 70.0 Å². The fourth-order valence-electron chi connectivity index (χ4n) is 11.6. The number of halogens is 1. The zero-order chi connectivity index (χ0) is 52.5. The topological polar surface area (TPSA) is 218 Å². The lowest BCUT2D eigenvalue weighted by Crippen LogP contribution is -2.50. The van der Waals surface area contributed by atoms with E-state index in [-0.39, 0.29) is 72.7 Å². The highest BCUT2D eigenvalue weighted by molar-refractivity contribution is 7.99. The maximum absolute atomic E-state index is 14.0. The van der Waals surface area contributed by atoms with Crippen LogP contribution in [-0.2, 0) is 25.7 Å². The van der Waals surface area contributed by atoms with Crippen LogP contribution in [0.3, 0.4) is 0 Å². The number of nitrogens with two attached hydrogens (primary N) is 1. The average molecular weight is 1080 g/mol. The van der Waals surface area contributed by atoms with E-state index in [1.165, 1.54) is 16.7 Å². The molecule has 0 saturated carbocycles. The molecule has 0 bridgehead atoms. The minimum atomic E-state index is -0.859. The van der Waals surface area contributed by atoms with Gasteiger partial charge in [-0.1, -0.05) is 54.5 Å². The number of β-amino-alcohol motifs (C(OH)–C–C–N with tert-alkyl or cyclic N) is 1. The Kier molecular flexibility index (Phi) is 16.0. The number of carbonyl (C=O) groups excluding carboxylic acids is 3. The summed E-state index contributed by atoms with van der Waals surface area (Å²) in [5.41, 5.74) is 11.7. The maximum atomic E-state index is 14.0. The standard InChI is InChI=1S/C54H68ClN11O7S2/c1-31(2)46(42-22-32(3)62-73-42)53(70)66-28-38(67)24-40(66)51(68)60-25-37-7-6-36(48-33(4)61-30-74-48)23-41(37)72-39-11-18-65(19-12-39)52(69)35-9-16-64(17-10-35)50-47(55)43(8-15-57-50)75-45-27-58-44(26-59-45)63-20-13-54(14-21-63)29-71-34(5)49(54)56/h6-8,15,22-23,26-27,30-31,34-35,38-40,46,49,67H,9-14,16-21,24-25,28-29,56H2,1-5H3,(H,60,68)/t34-,38+,40-,46?,49+/m0/s1. The number of ether oxygens (including phenoxy) is 2. The molecule has 4 N–H and O–H groups in total. The number of aliphatic hydroxyl groups is 1. The van der Waals surface area contributed by atoms with Crippen molar-refractivity contribution in [2.75, 3.05) is 62.2 Å². The second-order valence-electron chi connectivity index (χ2n) is 21.4. The molecule has 1 unspecified atom stereocenters. The first-order valence-corrected chi connectivity index (χ1v) is 28.4. The van der Waals surface area contributed by atoms with E-state index in [2.05, 4.69) is 37.2 Å². The summed E-state index contributed by atoms with van der Waals surface area (Å²) < 4.78 is 18.2. The second-order valence-corrected chi connectivity index (χ2v) is 23.6. The molecule has 5 aromatic rings. The molecular weight excluding hydrogens is 1010 g/mol. The molecule has 5 fully saturated rings. The summed E-state index contributed by atoms with van der Waals surface area (Å²) >= 11 is 10.1. The van der Waals surface area contributed by atoms with Gasteiger partial charge in [-0.25, -0.2) is 19.9 Å². The Morgan fingerprint density at radius 1 is 0.987 bits per heavy atom. The Balaban J connectivity index is 0.722. The van der Waals surface area contributed by atoms with Gasteiger partial charge in [0.25, 0.3) is 0 Å². The van der Waals surface area contributed by atoms with Crippen LogP contribution in [0.5, 0.6) is 5.75 Å². The van der Waals surface area contributed by atoms with Crippen LogP contribution in [0.4, 0.5) is 11.6 Å². The maximum Gasteiger partial charge on any atom is 0.243 e. The molecular formula is C54H68ClN11O7S2. The van der Waals surface area contributed by atoms with Crippen LogP contribution in [0.2, 0.25) is 5.02 Å². The Morgan fingerprint density at radius 3 is 2.41 bits per heavy atom. The first kappa shape index (κ1) is 53.0. The van der Waals surface area contributed by atoms with Gasteiger partial charge in [-0.2, -0.15) is 0 Å². The number of aliphatic hydroxyl groups excluding tert-OH is 1. The summed E-state index contributed by atoms with van der Waals surface area (Å²) in [5.74, 6) is 1.29. The van der Waals surface area contributed by atoms with Gasteiger partial charge in [0.05, 0.1) is 58.0 Å². The van der Waals surface area contributed by atoms with Crippen LogP contribution >= 0.6 is 34.7 Å². The highest BCUT2D eigenvalue weighted by atomic mass is 35.5. The number of amides is 3. The van der Waals surface area contributed by atoms with Gasteiger partial charge in [0, 0.05) is 112 Å². The summed E-state index contributed by atoms with van der Waals surface area (Å²) in [6.45, 7) is 14.8. The number of benzene rings is 1. The number of hydrogen-bond acceptors (Lipinski definition) is 17. The molecule has 3 amide bonds. The molecule has 75 heavy (non-hydrogen) atoms. The number of nitrogens with zero attached hydrogens (tertiary/aromatic N) is 9. The van der Waals surface area contributed by atoms with Crippen molar-refractivity contribution in [3.8, 4) is 16.2 Å². The van der Waals surface area contributed by atoms with Crippen molar-refractivity contribution >= 4 is 64.1 Å². The van der Waals surface area contributed by atoms with Crippen LogP contribution in [0.15, 0.2) is 68.9 Å². The third-order valence-corrected chi connectivity index (χ3v) is 18.5. The minimum absolute atomic E-state index is 0.0437. The average Bonchev–Trinajstić information content (AvgIpc) is 4.22. The zero-order valence-electron chi connectivity index (χ0n) is 43.3. The number of anilines is 2. The van der Waals surface area contributed by atoms with Gasteiger partial charge in [-0.3, -0.25) is 14.4 Å². The molecule has 0 radical (unpaired) electrons. The molecule has 5 atom stereocenters. The number of pyridine rings is 1. The predicted octanol–water partition coefficient (Wildman–Crippen LogP) is 7.04. The monoisotopic (exact) mass is 1080 g/mol. The van der Waals surface area contributed by atoms with Gasteiger partial charge >= 0.3 is 0 Å². The van der Waals surface area contributed by atoms with E-state index < -0.39 is 18.1 Å². The summed E-state index contributed by atoms with van der Waals surface area (Å²) in [6, 6.07) is 8.82. The van der Waals surface area contributed by atoms with Crippen LogP contribution < -0.4 is 25.6 Å². The van der Waals surface area contributed by atoms with Crippen LogP contribution in [-0.4, -0.2) is 141 Å². The second kappa shape index (κ2) is 22.7. The van der Waals surface area contributed by atoms with Crippen LogP contribution in [0.25, 0.3) is 10.4 Å². The third-order valence-electron chi connectivity index (χ3n) is 16.1. The lowest BCUT2D eigenvalue weighted by molar-refractivity contribution is -0.141. The number of piperidine rings is 3. The smallest absolute Gasteiger partial charge is 0.243 e. The van der Waals surface area contributed by atoms with Crippen molar-refractivity contribution in [1.29, 1.82) is 0 Å². The first-order valence-electron chi connectivity index (χ1n) is 26.3. The molecule has 5 aliphatic rings. The van der Waals surface area contributed by atoms with Crippen molar-refractivity contribution in [2.45, 2.75) is 132 Å². The van der Waals surface area contributed by atoms with Gasteiger partial charge in [0.2, 0.25) is 17.7 Å². The van der Waals surface area contributed by atoms with E-state index in [0.29, 0.717) is 79.9 Å². The largest absolute Gasteiger partial charge is 0.490 e. The third kappa shape index (κ3) is 11.4. The van der Waals surface area contributed by atoms with E-state index in [9.17, 15) is 19.5 Å². The molecule has 1 aromatic carbocycles. The van der Waals surface area contributed by atoms with E-state index in [4.69, 9.17) is 41.3 Å². The van der Waals surface area contributed by atoms with Gasteiger partial charge in [-0.05, 0) is 70.1 Å². The van der Waals surface area contributed by atoms with Crippen molar-refractivity contribution in [1.82, 2.24) is 40.2 Å². The van der Waals surface area contributed by atoms with Crippen molar-refractivity contribution in [3.63, 3.8) is 0 Å². The highest BCUT2D eigenvalue weighted by Gasteiger charge is 2.48. The summed E-state index contributed by atoms with van der Waals surface area (Å²) in [4.78, 5) is 70.5. The van der Waals surface area contributed by atoms with E-state index in [1.54, 1.807) is 36.7 Å². The summed E-state index contributed by atoms with van der Waals surface area (Å²) in [5, 5.41) is 19.1. The fraction of sp³-hybridized carbons (Fsp3) is 0.556. The van der Waals surface area contributed by atoms with Crippen LogP contribution in [0, 0.1) is 31.1 Å². The number of hydrogen-bond donors (Lipinski definition) is 3. The molecule has 21 heteroatoms. The fourth-order valence-corrected chi connectivity index (χ4v) is 13.5. The molecule has 400 valence electrons.